The first kappa shape index (κ1) is 12.8. The van der Waals surface area contributed by atoms with E-state index in [9.17, 15) is 15.0 Å². The maximum atomic E-state index is 11.8. The van der Waals surface area contributed by atoms with E-state index in [1.165, 1.54) is 0 Å². The van der Waals surface area contributed by atoms with Crippen LogP contribution in [0.5, 0.6) is 0 Å². The number of aliphatic hydroxyl groups excluding tert-OH is 1. The summed E-state index contributed by atoms with van der Waals surface area (Å²) in [5.41, 5.74) is -0.357. The Morgan fingerprint density at radius 1 is 1.35 bits per heavy atom. The van der Waals surface area contributed by atoms with Crippen LogP contribution in [0.4, 0.5) is 0 Å². The van der Waals surface area contributed by atoms with E-state index in [-0.39, 0.29) is 18.4 Å². The summed E-state index contributed by atoms with van der Waals surface area (Å²) in [6, 6.07) is 0. The lowest BCUT2D eigenvalue weighted by Gasteiger charge is -2.53. The average molecular weight is 280 g/mol. The number of hydrogen-bond donors (Lipinski definition) is 2. The molecule has 1 saturated heterocycles. The number of epoxide rings is 1. The van der Waals surface area contributed by atoms with Gasteiger partial charge in [0.15, 0.2) is 0 Å². The summed E-state index contributed by atoms with van der Waals surface area (Å²) in [5.74, 6) is -1.96. The van der Waals surface area contributed by atoms with Gasteiger partial charge in [-0.1, -0.05) is 13.8 Å². The van der Waals surface area contributed by atoms with E-state index in [1.807, 2.05) is 6.92 Å². The number of ether oxygens (including phenoxy) is 2. The minimum absolute atomic E-state index is 0.0588. The fraction of sp³-hybridized carbons (Fsp3) is 0.800. The van der Waals surface area contributed by atoms with Crippen LogP contribution in [0.15, 0.2) is 11.1 Å². The van der Waals surface area contributed by atoms with Crippen LogP contribution in [0.2, 0.25) is 0 Å². The van der Waals surface area contributed by atoms with E-state index in [4.69, 9.17) is 9.47 Å². The second-order valence-corrected chi connectivity index (χ2v) is 7.05. The van der Waals surface area contributed by atoms with Gasteiger partial charge < -0.3 is 19.7 Å². The van der Waals surface area contributed by atoms with Crippen LogP contribution in [-0.2, 0) is 14.3 Å². The number of carbonyl (C=O) groups excluding carboxylic acids is 1. The number of fused-ring (bicyclic) bond motifs is 1. The van der Waals surface area contributed by atoms with Gasteiger partial charge in [-0.05, 0) is 25.7 Å². The number of carbonyl (C=O) groups is 1. The largest absolute Gasteiger partial charge is 0.426 e. The van der Waals surface area contributed by atoms with Crippen molar-refractivity contribution in [2.75, 3.05) is 0 Å². The van der Waals surface area contributed by atoms with E-state index in [0.717, 1.165) is 12.8 Å². The molecule has 20 heavy (non-hydrogen) atoms. The number of hydrogen-bond acceptors (Lipinski definition) is 5. The Kier molecular flexibility index (Phi) is 2.10. The summed E-state index contributed by atoms with van der Waals surface area (Å²) in [6.45, 7) is 5.74. The lowest BCUT2D eigenvalue weighted by Crippen LogP contribution is -2.63. The van der Waals surface area contributed by atoms with Gasteiger partial charge >= 0.3 is 5.97 Å². The molecular formula is C15H20O5. The SMILES string of the molecule is CC1=C2C(O)C3(C)C(C)CCC4OC43CC2(O)OC1=O. The predicted octanol–water partition coefficient (Wildman–Crippen LogP) is 0.887. The fourth-order valence-electron chi connectivity index (χ4n) is 4.84. The van der Waals surface area contributed by atoms with Crippen LogP contribution in [0.3, 0.4) is 0 Å². The van der Waals surface area contributed by atoms with Gasteiger partial charge in [0.2, 0.25) is 5.79 Å². The van der Waals surface area contributed by atoms with Crippen molar-refractivity contribution in [2.45, 2.75) is 63.6 Å². The average Bonchev–Trinajstić information content (AvgIpc) is 3.01. The molecule has 2 heterocycles. The van der Waals surface area contributed by atoms with Crippen molar-refractivity contribution in [1.29, 1.82) is 0 Å². The number of esters is 1. The topological polar surface area (TPSA) is 79.3 Å². The van der Waals surface area contributed by atoms with Gasteiger partial charge in [0.05, 0.1) is 12.2 Å². The third-order valence-electron chi connectivity index (χ3n) is 6.35. The van der Waals surface area contributed by atoms with Crippen LogP contribution >= 0.6 is 0 Å². The van der Waals surface area contributed by atoms with Crippen molar-refractivity contribution in [2.24, 2.45) is 11.3 Å². The Balaban J connectivity index is 1.90. The molecule has 1 spiro atoms. The molecule has 2 aliphatic heterocycles. The van der Waals surface area contributed by atoms with Gasteiger partial charge in [-0.2, -0.15) is 0 Å². The lowest BCUT2D eigenvalue weighted by molar-refractivity contribution is -0.221. The van der Waals surface area contributed by atoms with E-state index in [1.54, 1.807) is 6.92 Å². The second-order valence-electron chi connectivity index (χ2n) is 7.05. The third kappa shape index (κ3) is 1.11. The highest BCUT2D eigenvalue weighted by Crippen LogP contribution is 2.69. The first-order valence-electron chi connectivity index (χ1n) is 7.29. The zero-order chi connectivity index (χ0) is 14.5. The Labute approximate surface area is 117 Å². The van der Waals surface area contributed by atoms with E-state index >= 15 is 0 Å². The molecule has 6 unspecified atom stereocenters. The van der Waals surface area contributed by atoms with Crippen molar-refractivity contribution in [3.05, 3.63) is 11.1 Å². The van der Waals surface area contributed by atoms with Gasteiger partial charge in [0, 0.05) is 23.0 Å². The zero-order valence-electron chi connectivity index (χ0n) is 12.0. The molecule has 5 nitrogen and oxygen atoms in total. The van der Waals surface area contributed by atoms with Gasteiger partial charge in [0.1, 0.15) is 5.60 Å². The molecule has 2 aliphatic carbocycles. The molecule has 0 aromatic rings. The summed E-state index contributed by atoms with van der Waals surface area (Å²) in [7, 11) is 0. The molecule has 0 amide bonds. The highest BCUT2D eigenvalue weighted by atomic mass is 16.7. The summed E-state index contributed by atoms with van der Waals surface area (Å²) in [6.07, 6.45) is 1.31. The van der Waals surface area contributed by atoms with E-state index < -0.39 is 28.9 Å². The first-order valence-corrected chi connectivity index (χ1v) is 7.29. The van der Waals surface area contributed by atoms with Crippen LogP contribution < -0.4 is 0 Å². The van der Waals surface area contributed by atoms with Gasteiger partial charge in [-0.25, -0.2) is 4.79 Å². The standard InChI is InChI=1S/C15H20O5/c1-7-4-5-9-14(19-9)6-15(18)10(8(2)12(17)20-15)11(16)13(7,14)3/h7,9,11,16,18H,4-6H2,1-3H3. The molecular weight excluding hydrogens is 260 g/mol. The van der Waals surface area contributed by atoms with Crippen molar-refractivity contribution >= 4 is 5.97 Å². The van der Waals surface area contributed by atoms with Gasteiger partial charge in [-0.15, -0.1) is 0 Å². The molecule has 2 N–H and O–H groups in total. The molecule has 5 heteroatoms. The van der Waals surface area contributed by atoms with Gasteiger partial charge in [-0.3, -0.25) is 0 Å². The summed E-state index contributed by atoms with van der Waals surface area (Å²) in [4.78, 5) is 11.8. The van der Waals surface area contributed by atoms with Crippen molar-refractivity contribution in [1.82, 2.24) is 0 Å². The van der Waals surface area contributed by atoms with Crippen LogP contribution in [0.1, 0.15) is 40.0 Å². The first-order chi connectivity index (χ1) is 9.26. The van der Waals surface area contributed by atoms with E-state index in [2.05, 4.69) is 6.92 Å². The van der Waals surface area contributed by atoms with Crippen molar-refractivity contribution < 1.29 is 24.5 Å². The van der Waals surface area contributed by atoms with Gasteiger partial charge in [0.25, 0.3) is 0 Å². The molecule has 0 aromatic heterocycles. The molecule has 0 bridgehead atoms. The molecule has 4 aliphatic rings. The van der Waals surface area contributed by atoms with Crippen LogP contribution in [-0.4, -0.2) is 39.8 Å². The highest BCUT2D eigenvalue weighted by molar-refractivity contribution is 5.92. The molecule has 110 valence electrons. The lowest BCUT2D eigenvalue weighted by atomic mass is 9.52. The molecule has 3 fully saturated rings. The van der Waals surface area contributed by atoms with E-state index in [0.29, 0.717) is 11.1 Å². The van der Waals surface area contributed by atoms with Crippen molar-refractivity contribution in [3.8, 4) is 0 Å². The third-order valence-corrected chi connectivity index (χ3v) is 6.35. The molecule has 2 saturated carbocycles. The fourth-order valence-corrected chi connectivity index (χ4v) is 4.84. The molecule has 6 atom stereocenters. The maximum absolute atomic E-state index is 11.8. The predicted molar refractivity (Wildman–Crippen MR) is 68.5 cm³/mol. The second kappa shape index (κ2) is 3.29. The van der Waals surface area contributed by atoms with Crippen LogP contribution in [0, 0.1) is 11.3 Å². The molecule has 4 rings (SSSR count). The zero-order valence-corrected chi connectivity index (χ0v) is 12.0. The Hall–Kier alpha value is -0.910. The smallest absolute Gasteiger partial charge is 0.336 e. The normalized spacial score (nSPS) is 56.9. The molecule has 0 aromatic carbocycles. The van der Waals surface area contributed by atoms with Crippen molar-refractivity contribution in [3.63, 3.8) is 0 Å². The minimum atomic E-state index is -1.69. The summed E-state index contributed by atoms with van der Waals surface area (Å²) >= 11 is 0. The Morgan fingerprint density at radius 3 is 2.75 bits per heavy atom. The highest BCUT2D eigenvalue weighted by Gasteiger charge is 2.79. The quantitative estimate of drug-likeness (QED) is 0.509. The number of rotatable bonds is 0. The number of aliphatic hydroxyl groups is 2. The monoisotopic (exact) mass is 280 g/mol. The maximum Gasteiger partial charge on any atom is 0.336 e. The summed E-state index contributed by atoms with van der Waals surface area (Å²) in [5, 5.41) is 21.6. The Bertz CT molecular complexity index is 554. The summed E-state index contributed by atoms with van der Waals surface area (Å²) < 4.78 is 11.1. The minimum Gasteiger partial charge on any atom is -0.426 e. The van der Waals surface area contributed by atoms with Crippen LogP contribution in [0.25, 0.3) is 0 Å². The molecule has 0 radical (unpaired) electrons. The Morgan fingerprint density at radius 2 is 2.05 bits per heavy atom.